The van der Waals surface area contributed by atoms with E-state index in [1.807, 2.05) is 31.2 Å². The summed E-state index contributed by atoms with van der Waals surface area (Å²) in [5, 5.41) is 20.4. The van der Waals surface area contributed by atoms with E-state index in [4.69, 9.17) is 0 Å². The van der Waals surface area contributed by atoms with Gasteiger partial charge in [0.15, 0.2) is 0 Å². The highest BCUT2D eigenvalue weighted by Gasteiger charge is 2.12. The van der Waals surface area contributed by atoms with Gasteiger partial charge in [-0.1, -0.05) is 25.1 Å². The molecule has 9 heteroatoms. The molecular formula is C14H18ClN5O3. The maximum atomic E-state index is 12.0. The lowest BCUT2D eigenvalue weighted by atomic mass is 10.1. The van der Waals surface area contributed by atoms with Crippen LogP contribution in [0.3, 0.4) is 0 Å². The van der Waals surface area contributed by atoms with Gasteiger partial charge >= 0.3 is 5.69 Å². The van der Waals surface area contributed by atoms with Crippen LogP contribution in [-0.4, -0.2) is 27.2 Å². The number of carbonyl (C=O) groups is 1. The van der Waals surface area contributed by atoms with Gasteiger partial charge in [-0.25, -0.2) is 0 Å². The van der Waals surface area contributed by atoms with E-state index in [9.17, 15) is 14.9 Å². The maximum absolute atomic E-state index is 12.0. The molecule has 0 fully saturated rings. The van der Waals surface area contributed by atoms with Gasteiger partial charge in [0.2, 0.25) is 5.91 Å². The summed E-state index contributed by atoms with van der Waals surface area (Å²) >= 11 is 0. The molecule has 0 aliphatic rings. The number of carbonyl (C=O) groups excluding carboxylic acids is 1. The Bertz CT molecular complexity index is 674. The van der Waals surface area contributed by atoms with Crippen LogP contribution in [0.25, 0.3) is 0 Å². The van der Waals surface area contributed by atoms with Gasteiger partial charge in [0.05, 0.1) is 4.92 Å². The molecule has 1 heterocycles. The number of nitro groups is 1. The van der Waals surface area contributed by atoms with E-state index in [1.54, 1.807) is 0 Å². The van der Waals surface area contributed by atoms with Crippen molar-refractivity contribution in [1.82, 2.24) is 15.1 Å². The predicted octanol–water partition coefficient (Wildman–Crippen LogP) is 1.96. The van der Waals surface area contributed by atoms with Crippen molar-refractivity contribution in [3.8, 4) is 0 Å². The second-order valence-electron chi connectivity index (χ2n) is 4.64. The van der Waals surface area contributed by atoms with Crippen molar-refractivity contribution in [2.75, 3.05) is 11.9 Å². The van der Waals surface area contributed by atoms with Crippen LogP contribution in [0.2, 0.25) is 0 Å². The zero-order valence-electron chi connectivity index (χ0n) is 12.6. The molecule has 0 saturated heterocycles. The fourth-order valence-corrected chi connectivity index (χ4v) is 1.93. The SMILES string of the molecule is CCNCc1ccccc1NC(=O)Cn1cc([N+](=O)[O-])cn1.Cl. The highest BCUT2D eigenvalue weighted by Crippen LogP contribution is 2.15. The number of para-hydroxylation sites is 1. The molecule has 0 unspecified atom stereocenters. The molecule has 0 bridgehead atoms. The van der Waals surface area contributed by atoms with Crippen LogP contribution in [0.5, 0.6) is 0 Å². The lowest BCUT2D eigenvalue weighted by molar-refractivity contribution is -0.385. The van der Waals surface area contributed by atoms with Crippen LogP contribution in [0.15, 0.2) is 36.7 Å². The second kappa shape index (κ2) is 8.86. The summed E-state index contributed by atoms with van der Waals surface area (Å²) in [6, 6.07) is 7.48. The number of aromatic nitrogens is 2. The minimum absolute atomic E-state index is 0. The molecule has 2 N–H and O–H groups in total. The second-order valence-corrected chi connectivity index (χ2v) is 4.64. The summed E-state index contributed by atoms with van der Waals surface area (Å²) in [5.41, 5.74) is 1.56. The first kappa shape index (κ1) is 18.6. The van der Waals surface area contributed by atoms with E-state index in [0.29, 0.717) is 6.54 Å². The minimum atomic E-state index is -0.548. The van der Waals surface area contributed by atoms with Gasteiger partial charge in [0.1, 0.15) is 18.9 Å². The van der Waals surface area contributed by atoms with Gasteiger partial charge in [-0.2, -0.15) is 5.10 Å². The monoisotopic (exact) mass is 339 g/mol. The molecule has 0 radical (unpaired) electrons. The summed E-state index contributed by atoms with van der Waals surface area (Å²) in [7, 11) is 0. The van der Waals surface area contributed by atoms with Gasteiger partial charge in [-0.15, -0.1) is 12.4 Å². The fraction of sp³-hybridized carbons (Fsp3) is 0.286. The molecule has 0 saturated carbocycles. The molecule has 0 aliphatic carbocycles. The van der Waals surface area contributed by atoms with E-state index in [1.165, 1.54) is 10.9 Å². The maximum Gasteiger partial charge on any atom is 0.307 e. The standard InChI is InChI=1S/C14H17N5O3.ClH/c1-2-15-7-11-5-3-4-6-13(11)17-14(20)10-18-9-12(8-16-18)19(21)22;/h3-6,8-9,15H,2,7,10H2,1H3,(H,17,20);1H. The fourth-order valence-electron chi connectivity index (χ4n) is 1.93. The third kappa shape index (κ3) is 5.35. The number of nitrogens with one attached hydrogen (secondary N) is 2. The van der Waals surface area contributed by atoms with Gasteiger partial charge < -0.3 is 10.6 Å². The lowest BCUT2D eigenvalue weighted by Crippen LogP contribution is -2.21. The van der Waals surface area contributed by atoms with E-state index in [-0.39, 0.29) is 30.5 Å². The molecule has 124 valence electrons. The number of hydrogen-bond donors (Lipinski definition) is 2. The Morgan fingerprint density at radius 3 is 2.78 bits per heavy atom. The third-order valence-electron chi connectivity index (χ3n) is 2.99. The van der Waals surface area contributed by atoms with E-state index < -0.39 is 4.92 Å². The molecule has 2 aromatic rings. The molecule has 0 spiro atoms. The number of halogens is 1. The number of amides is 1. The van der Waals surface area contributed by atoms with Crippen LogP contribution in [0.1, 0.15) is 12.5 Å². The normalized spacial score (nSPS) is 9.96. The smallest absolute Gasteiger partial charge is 0.307 e. The lowest BCUT2D eigenvalue weighted by Gasteiger charge is -2.11. The summed E-state index contributed by atoms with van der Waals surface area (Å²) in [4.78, 5) is 22.1. The molecule has 2 rings (SSSR count). The van der Waals surface area contributed by atoms with Crippen LogP contribution in [-0.2, 0) is 17.9 Å². The predicted molar refractivity (Wildman–Crippen MR) is 88.6 cm³/mol. The minimum Gasteiger partial charge on any atom is -0.324 e. The average molecular weight is 340 g/mol. The van der Waals surface area contributed by atoms with Crippen LogP contribution < -0.4 is 10.6 Å². The largest absolute Gasteiger partial charge is 0.324 e. The first-order valence-corrected chi connectivity index (χ1v) is 6.85. The van der Waals surface area contributed by atoms with Gasteiger partial charge in [-0.3, -0.25) is 19.6 Å². The van der Waals surface area contributed by atoms with E-state index >= 15 is 0 Å². The van der Waals surface area contributed by atoms with Crippen molar-refractivity contribution in [3.05, 3.63) is 52.3 Å². The highest BCUT2D eigenvalue weighted by molar-refractivity contribution is 5.91. The topological polar surface area (TPSA) is 102 Å². The quantitative estimate of drug-likeness (QED) is 0.593. The molecule has 8 nitrogen and oxygen atoms in total. The van der Waals surface area contributed by atoms with Crippen LogP contribution in [0.4, 0.5) is 11.4 Å². The molecule has 1 amide bonds. The Morgan fingerprint density at radius 1 is 1.39 bits per heavy atom. The number of rotatable bonds is 7. The van der Waals surface area contributed by atoms with Gasteiger partial charge in [0.25, 0.3) is 0 Å². The molecule has 1 aromatic heterocycles. The van der Waals surface area contributed by atoms with Crippen LogP contribution in [0, 0.1) is 10.1 Å². The van der Waals surface area contributed by atoms with Crippen molar-refractivity contribution >= 4 is 29.7 Å². The summed E-state index contributed by atoms with van der Waals surface area (Å²) in [6.07, 6.45) is 2.34. The Balaban J connectivity index is 0.00000264. The average Bonchev–Trinajstić information content (AvgIpc) is 2.95. The Morgan fingerprint density at radius 2 is 2.13 bits per heavy atom. The first-order valence-electron chi connectivity index (χ1n) is 6.85. The Kier molecular flexibility index (Phi) is 7.17. The zero-order chi connectivity index (χ0) is 15.9. The summed E-state index contributed by atoms with van der Waals surface area (Å²) in [6.45, 7) is 3.41. The van der Waals surface area contributed by atoms with E-state index in [2.05, 4.69) is 15.7 Å². The number of anilines is 1. The third-order valence-corrected chi connectivity index (χ3v) is 2.99. The Hall–Kier alpha value is -2.45. The number of hydrogen-bond acceptors (Lipinski definition) is 5. The molecule has 23 heavy (non-hydrogen) atoms. The van der Waals surface area contributed by atoms with Crippen molar-refractivity contribution in [3.63, 3.8) is 0 Å². The van der Waals surface area contributed by atoms with E-state index in [0.717, 1.165) is 24.0 Å². The molecular weight excluding hydrogens is 322 g/mol. The number of benzene rings is 1. The molecule has 0 atom stereocenters. The van der Waals surface area contributed by atoms with Crippen molar-refractivity contribution in [1.29, 1.82) is 0 Å². The van der Waals surface area contributed by atoms with Gasteiger partial charge in [0, 0.05) is 12.2 Å². The van der Waals surface area contributed by atoms with Gasteiger partial charge in [-0.05, 0) is 18.2 Å². The number of nitrogens with zero attached hydrogens (tertiary/aromatic N) is 3. The summed E-state index contributed by atoms with van der Waals surface area (Å²) < 4.78 is 1.24. The zero-order valence-corrected chi connectivity index (χ0v) is 13.4. The summed E-state index contributed by atoms with van der Waals surface area (Å²) in [5.74, 6) is -0.290. The first-order chi connectivity index (χ1) is 10.6. The molecule has 1 aromatic carbocycles. The Labute approximate surface area is 139 Å². The van der Waals surface area contributed by atoms with Crippen molar-refractivity contribution < 1.29 is 9.72 Å². The highest BCUT2D eigenvalue weighted by atomic mass is 35.5. The van der Waals surface area contributed by atoms with Crippen molar-refractivity contribution in [2.45, 2.75) is 20.0 Å². The van der Waals surface area contributed by atoms with Crippen molar-refractivity contribution in [2.24, 2.45) is 0 Å². The molecule has 0 aliphatic heterocycles. The van der Waals surface area contributed by atoms with Crippen LogP contribution >= 0.6 is 12.4 Å².